The molecular formula is C22H19FN6O. The van der Waals surface area contributed by atoms with E-state index in [1.54, 1.807) is 29.4 Å². The third-order valence-electron chi connectivity index (χ3n) is 5.25. The molecule has 7 nitrogen and oxygen atoms in total. The molecule has 0 saturated heterocycles. The molecule has 30 heavy (non-hydrogen) atoms. The Kier molecular flexibility index (Phi) is 4.59. The van der Waals surface area contributed by atoms with E-state index in [0.29, 0.717) is 16.7 Å². The lowest BCUT2D eigenvalue weighted by Gasteiger charge is -2.14. The van der Waals surface area contributed by atoms with Crippen LogP contribution in [0.2, 0.25) is 0 Å². The minimum Gasteiger partial charge on any atom is -0.366 e. The number of nitrogens with one attached hydrogen (secondary N) is 2. The van der Waals surface area contributed by atoms with Crippen LogP contribution in [0.3, 0.4) is 0 Å². The Morgan fingerprint density at radius 1 is 1.13 bits per heavy atom. The molecule has 0 bridgehead atoms. The number of imidazole rings is 1. The molecule has 0 aliphatic heterocycles. The Labute approximate surface area is 172 Å². The third-order valence-corrected chi connectivity index (χ3v) is 5.25. The summed E-state index contributed by atoms with van der Waals surface area (Å²) in [4.78, 5) is 24.7. The Bertz CT molecular complexity index is 1220. The van der Waals surface area contributed by atoms with Gasteiger partial charge in [0.25, 0.3) is 0 Å². The van der Waals surface area contributed by atoms with Crippen LogP contribution in [0.25, 0.3) is 10.9 Å². The van der Waals surface area contributed by atoms with Gasteiger partial charge in [0.05, 0.1) is 11.8 Å². The number of carbonyl (C=O) groups is 1. The number of fused-ring (bicyclic) bond motifs is 2. The molecule has 0 radical (unpaired) electrons. The lowest BCUT2D eigenvalue weighted by Crippen LogP contribution is -2.20. The summed E-state index contributed by atoms with van der Waals surface area (Å²) in [6.45, 7) is 0.221. The molecule has 1 unspecified atom stereocenters. The van der Waals surface area contributed by atoms with Gasteiger partial charge in [-0.05, 0) is 54.3 Å². The summed E-state index contributed by atoms with van der Waals surface area (Å²) in [6, 6.07) is 10.6. The first kappa shape index (κ1) is 18.2. The molecule has 150 valence electrons. The standard InChI is InChI=1S/C22H19FN6O/c23-16-2-4-20-19(10-16)22(26-12-25-20)28-18-7-14-1-3-17(8-15(14)9-18)27-21(30)11-29-6-5-24-13-29/h1-6,8,10,12-13,18H,7,9,11H2,(H,27,30)(H,25,26,28). The zero-order chi connectivity index (χ0) is 20.5. The highest BCUT2D eigenvalue weighted by Gasteiger charge is 2.23. The summed E-state index contributed by atoms with van der Waals surface area (Å²) in [6.07, 6.45) is 8.12. The van der Waals surface area contributed by atoms with Crippen molar-refractivity contribution < 1.29 is 9.18 Å². The van der Waals surface area contributed by atoms with Crippen molar-refractivity contribution in [2.75, 3.05) is 10.6 Å². The van der Waals surface area contributed by atoms with Crippen molar-refractivity contribution >= 4 is 28.3 Å². The molecule has 2 aromatic carbocycles. The molecular weight excluding hydrogens is 383 g/mol. The van der Waals surface area contributed by atoms with Gasteiger partial charge in [-0.3, -0.25) is 4.79 Å². The minimum atomic E-state index is -0.314. The molecule has 0 fully saturated rings. The lowest BCUT2D eigenvalue weighted by molar-refractivity contribution is -0.116. The zero-order valence-corrected chi connectivity index (χ0v) is 16.0. The predicted molar refractivity (Wildman–Crippen MR) is 112 cm³/mol. The number of carbonyl (C=O) groups excluding carboxylic acids is 1. The van der Waals surface area contributed by atoms with Crippen molar-refractivity contribution in [1.82, 2.24) is 19.5 Å². The number of hydrogen-bond donors (Lipinski definition) is 2. The molecule has 0 saturated carbocycles. The number of rotatable bonds is 5. The average Bonchev–Trinajstić information content (AvgIpc) is 3.37. The summed E-state index contributed by atoms with van der Waals surface area (Å²) < 4.78 is 15.4. The molecule has 1 aliphatic rings. The summed E-state index contributed by atoms with van der Waals surface area (Å²) in [5.74, 6) is 0.215. The molecule has 5 rings (SSSR count). The van der Waals surface area contributed by atoms with Crippen molar-refractivity contribution in [3.8, 4) is 0 Å². The van der Waals surface area contributed by atoms with E-state index < -0.39 is 0 Å². The average molecular weight is 402 g/mol. The second-order valence-electron chi connectivity index (χ2n) is 7.40. The number of nitrogens with zero attached hydrogens (tertiary/aromatic N) is 4. The molecule has 0 spiro atoms. The van der Waals surface area contributed by atoms with E-state index in [0.717, 1.165) is 18.5 Å². The topological polar surface area (TPSA) is 84.7 Å². The van der Waals surface area contributed by atoms with E-state index in [1.807, 2.05) is 18.2 Å². The number of benzene rings is 2. The van der Waals surface area contributed by atoms with Gasteiger partial charge in [-0.2, -0.15) is 0 Å². The number of anilines is 2. The van der Waals surface area contributed by atoms with Crippen LogP contribution in [0.5, 0.6) is 0 Å². The van der Waals surface area contributed by atoms with Gasteiger partial charge in [-0.15, -0.1) is 0 Å². The highest BCUT2D eigenvalue weighted by Crippen LogP contribution is 2.29. The van der Waals surface area contributed by atoms with Crippen molar-refractivity contribution in [3.63, 3.8) is 0 Å². The first-order valence-corrected chi connectivity index (χ1v) is 9.68. The number of hydrogen-bond acceptors (Lipinski definition) is 5. The molecule has 1 aliphatic carbocycles. The Morgan fingerprint density at radius 2 is 2.03 bits per heavy atom. The van der Waals surface area contributed by atoms with Crippen molar-refractivity contribution in [2.45, 2.75) is 25.4 Å². The summed E-state index contributed by atoms with van der Waals surface area (Å²) in [7, 11) is 0. The zero-order valence-electron chi connectivity index (χ0n) is 16.0. The van der Waals surface area contributed by atoms with Gasteiger partial charge in [-0.25, -0.2) is 19.3 Å². The predicted octanol–water partition coefficient (Wildman–Crippen LogP) is 3.18. The maximum absolute atomic E-state index is 13.7. The first-order chi connectivity index (χ1) is 14.6. The summed E-state index contributed by atoms with van der Waals surface area (Å²) in [5, 5.41) is 7.03. The van der Waals surface area contributed by atoms with Crippen LogP contribution in [0.15, 0.2) is 61.4 Å². The van der Waals surface area contributed by atoms with Crippen molar-refractivity contribution in [2.24, 2.45) is 0 Å². The SMILES string of the molecule is O=C(Cn1ccnc1)Nc1ccc2c(c1)CC(Nc1ncnc3ccc(F)cc13)C2. The first-order valence-electron chi connectivity index (χ1n) is 9.68. The van der Waals surface area contributed by atoms with Crippen LogP contribution in [0, 0.1) is 5.82 Å². The quantitative estimate of drug-likeness (QED) is 0.536. The highest BCUT2D eigenvalue weighted by molar-refractivity contribution is 5.91. The normalized spacial score (nSPS) is 15.2. The largest absolute Gasteiger partial charge is 0.366 e. The van der Waals surface area contributed by atoms with E-state index in [-0.39, 0.29) is 24.3 Å². The third kappa shape index (κ3) is 3.71. The van der Waals surface area contributed by atoms with Crippen LogP contribution in [0.4, 0.5) is 15.9 Å². The van der Waals surface area contributed by atoms with Gasteiger partial charge < -0.3 is 15.2 Å². The molecule has 1 amide bonds. The Hall–Kier alpha value is -3.81. The van der Waals surface area contributed by atoms with Crippen LogP contribution in [0.1, 0.15) is 11.1 Å². The molecule has 2 heterocycles. The molecule has 1 atom stereocenters. The van der Waals surface area contributed by atoms with E-state index in [9.17, 15) is 9.18 Å². The van der Waals surface area contributed by atoms with Crippen LogP contribution in [-0.2, 0) is 24.2 Å². The van der Waals surface area contributed by atoms with Gasteiger partial charge >= 0.3 is 0 Å². The maximum atomic E-state index is 13.7. The smallest absolute Gasteiger partial charge is 0.244 e. The second-order valence-corrected chi connectivity index (χ2v) is 7.40. The van der Waals surface area contributed by atoms with Crippen LogP contribution >= 0.6 is 0 Å². The van der Waals surface area contributed by atoms with Gasteiger partial charge in [0, 0.05) is 29.5 Å². The van der Waals surface area contributed by atoms with Gasteiger partial charge in [0.15, 0.2) is 0 Å². The fourth-order valence-electron chi connectivity index (χ4n) is 3.88. The Morgan fingerprint density at radius 3 is 2.90 bits per heavy atom. The van der Waals surface area contributed by atoms with E-state index in [1.165, 1.54) is 29.6 Å². The minimum absolute atomic E-state index is 0.102. The van der Waals surface area contributed by atoms with Gasteiger partial charge in [0.1, 0.15) is 24.5 Å². The number of aromatic nitrogens is 4. The fourth-order valence-corrected chi connectivity index (χ4v) is 3.88. The monoisotopic (exact) mass is 402 g/mol. The highest BCUT2D eigenvalue weighted by atomic mass is 19.1. The van der Waals surface area contributed by atoms with Crippen LogP contribution < -0.4 is 10.6 Å². The second kappa shape index (κ2) is 7.55. The summed E-state index contributed by atoms with van der Waals surface area (Å²) in [5.41, 5.74) is 3.88. The number of halogens is 1. The fraction of sp³-hybridized carbons (Fsp3) is 0.182. The van der Waals surface area contributed by atoms with E-state index in [4.69, 9.17) is 0 Å². The summed E-state index contributed by atoms with van der Waals surface area (Å²) >= 11 is 0. The van der Waals surface area contributed by atoms with Crippen molar-refractivity contribution in [3.05, 3.63) is 78.4 Å². The molecule has 2 N–H and O–H groups in total. The maximum Gasteiger partial charge on any atom is 0.244 e. The molecule has 2 aromatic heterocycles. The van der Waals surface area contributed by atoms with Gasteiger partial charge in [0.2, 0.25) is 5.91 Å². The molecule has 8 heteroatoms. The van der Waals surface area contributed by atoms with Gasteiger partial charge in [-0.1, -0.05) is 6.07 Å². The molecule has 4 aromatic rings. The van der Waals surface area contributed by atoms with Crippen molar-refractivity contribution in [1.29, 1.82) is 0 Å². The number of amides is 1. The van der Waals surface area contributed by atoms with Crippen LogP contribution in [-0.4, -0.2) is 31.5 Å². The van der Waals surface area contributed by atoms with E-state index in [2.05, 4.69) is 25.6 Å². The Balaban J connectivity index is 1.28. The lowest BCUT2D eigenvalue weighted by atomic mass is 10.1. The van der Waals surface area contributed by atoms with E-state index >= 15 is 0 Å².